The molecule has 0 amide bonds. The molecule has 1 aromatic carbocycles. The van der Waals surface area contributed by atoms with Gasteiger partial charge in [-0.1, -0.05) is 18.1 Å². The number of benzene rings is 1. The summed E-state index contributed by atoms with van der Waals surface area (Å²) in [5, 5.41) is 14.7. The summed E-state index contributed by atoms with van der Waals surface area (Å²) >= 11 is 0. The highest BCUT2D eigenvalue weighted by Gasteiger charge is 2.49. The lowest BCUT2D eigenvalue weighted by atomic mass is 9.87. The van der Waals surface area contributed by atoms with E-state index < -0.39 is 17.4 Å². The van der Waals surface area contributed by atoms with Crippen LogP contribution in [0.3, 0.4) is 0 Å². The zero-order valence-corrected chi connectivity index (χ0v) is 16.9. The van der Waals surface area contributed by atoms with Crippen LogP contribution in [0.5, 0.6) is 0 Å². The molecule has 4 rings (SSSR count). The summed E-state index contributed by atoms with van der Waals surface area (Å²) in [7, 11) is 0. The zero-order chi connectivity index (χ0) is 22.4. The molecular formula is C22H20F4N4O. The van der Waals surface area contributed by atoms with Crippen molar-refractivity contribution in [3.05, 3.63) is 48.2 Å². The molecule has 1 N–H and O–H groups in total. The standard InChI is InChI=1S/C22H20F4N4O/c1-20(2,31)21(23)10-11-29(14-21)19-7-6-18-27-13-17(30(18)28-19)16-5-3-4-15(12-16)8-9-22(24,25)26/h3-7,12-13,31H,10-11,14H2,1-2H3. The number of hydrogen-bond donors (Lipinski definition) is 1. The SMILES string of the molecule is CC(C)(O)C1(F)CCN(c2ccc3ncc(-c4cccc(C#CC(F)(F)F)c4)n3n2)C1. The predicted molar refractivity (Wildman–Crippen MR) is 108 cm³/mol. The van der Waals surface area contributed by atoms with Crippen molar-refractivity contribution in [2.24, 2.45) is 0 Å². The highest BCUT2D eigenvalue weighted by Crippen LogP contribution is 2.37. The smallest absolute Gasteiger partial charge is 0.387 e. The van der Waals surface area contributed by atoms with E-state index in [1.165, 1.54) is 31.9 Å². The molecule has 0 saturated carbocycles. The maximum atomic E-state index is 15.1. The zero-order valence-electron chi connectivity index (χ0n) is 16.9. The van der Waals surface area contributed by atoms with Crippen molar-refractivity contribution in [1.82, 2.24) is 14.6 Å². The van der Waals surface area contributed by atoms with Gasteiger partial charge in [0.15, 0.2) is 11.3 Å². The van der Waals surface area contributed by atoms with Crippen LogP contribution in [0.2, 0.25) is 0 Å². The Morgan fingerprint density at radius 1 is 1.16 bits per heavy atom. The van der Waals surface area contributed by atoms with Crippen molar-refractivity contribution < 1.29 is 22.7 Å². The first-order valence-electron chi connectivity index (χ1n) is 9.67. The van der Waals surface area contributed by atoms with Crippen molar-refractivity contribution in [3.63, 3.8) is 0 Å². The van der Waals surface area contributed by atoms with E-state index in [0.717, 1.165) is 0 Å². The minimum atomic E-state index is -4.57. The first kappa shape index (κ1) is 21.1. The lowest BCUT2D eigenvalue weighted by molar-refractivity contribution is -0.0696. The molecule has 1 unspecified atom stereocenters. The van der Waals surface area contributed by atoms with Crippen LogP contribution in [0.25, 0.3) is 16.9 Å². The number of nitrogens with zero attached hydrogens (tertiary/aromatic N) is 4. The molecule has 1 atom stereocenters. The van der Waals surface area contributed by atoms with Crippen molar-refractivity contribution in [2.45, 2.75) is 37.7 Å². The van der Waals surface area contributed by atoms with Crippen LogP contribution in [0.1, 0.15) is 25.8 Å². The van der Waals surface area contributed by atoms with Gasteiger partial charge in [0, 0.05) is 30.0 Å². The van der Waals surface area contributed by atoms with Crippen molar-refractivity contribution in [2.75, 3.05) is 18.0 Å². The van der Waals surface area contributed by atoms with Gasteiger partial charge in [-0.25, -0.2) is 13.9 Å². The van der Waals surface area contributed by atoms with E-state index in [4.69, 9.17) is 0 Å². The summed E-state index contributed by atoms with van der Waals surface area (Å²) in [6.45, 7) is 3.30. The Balaban J connectivity index is 1.68. The molecule has 1 fully saturated rings. The molecule has 3 aromatic rings. The van der Waals surface area contributed by atoms with Crippen LogP contribution in [-0.2, 0) is 0 Å². The Morgan fingerprint density at radius 2 is 1.94 bits per heavy atom. The maximum Gasteiger partial charge on any atom is 0.458 e. The van der Waals surface area contributed by atoms with E-state index in [1.807, 2.05) is 0 Å². The van der Waals surface area contributed by atoms with Gasteiger partial charge in [-0.2, -0.15) is 13.2 Å². The van der Waals surface area contributed by atoms with Gasteiger partial charge in [-0.05, 0) is 38.1 Å². The third-order valence-electron chi connectivity index (χ3n) is 5.50. The molecule has 0 bridgehead atoms. The Hall–Kier alpha value is -3.12. The van der Waals surface area contributed by atoms with Crippen LogP contribution < -0.4 is 4.90 Å². The van der Waals surface area contributed by atoms with E-state index in [9.17, 15) is 18.3 Å². The minimum absolute atomic E-state index is 0.00154. The van der Waals surface area contributed by atoms with E-state index in [0.29, 0.717) is 29.3 Å². The van der Waals surface area contributed by atoms with E-state index in [2.05, 4.69) is 16.0 Å². The number of aliphatic hydroxyl groups is 1. The number of fused-ring (bicyclic) bond motifs is 1. The maximum absolute atomic E-state index is 15.1. The van der Waals surface area contributed by atoms with Crippen LogP contribution >= 0.6 is 0 Å². The average molecular weight is 432 g/mol. The predicted octanol–water partition coefficient (Wildman–Crippen LogP) is 4.00. The number of imidazole rings is 1. The lowest BCUT2D eigenvalue weighted by Gasteiger charge is -2.32. The van der Waals surface area contributed by atoms with Gasteiger partial charge in [0.05, 0.1) is 24.0 Å². The summed E-state index contributed by atoms with van der Waals surface area (Å²) in [5.74, 6) is 3.90. The highest BCUT2D eigenvalue weighted by atomic mass is 19.4. The van der Waals surface area contributed by atoms with Gasteiger partial charge in [-0.15, -0.1) is 5.10 Å². The molecule has 9 heteroatoms. The topological polar surface area (TPSA) is 53.7 Å². The number of hydrogen-bond acceptors (Lipinski definition) is 4. The molecular weight excluding hydrogens is 412 g/mol. The molecule has 3 heterocycles. The van der Waals surface area contributed by atoms with Crippen molar-refractivity contribution in [1.29, 1.82) is 0 Å². The van der Waals surface area contributed by atoms with E-state index >= 15 is 4.39 Å². The number of rotatable bonds is 3. The van der Waals surface area contributed by atoms with E-state index in [1.54, 1.807) is 39.9 Å². The monoisotopic (exact) mass is 432 g/mol. The molecule has 1 aliphatic heterocycles. The van der Waals surface area contributed by atoms with Gasteiger partial charge in [-0.3, -0.25) is 0 Å². The molecule has 31 heavy (non-hydrogen) atoms. The van der Waals surface area contributed by atoms with Crippen LogP contribution in [-0.4, -0.2) is 50.2 Å². The number of alkyl halides is 4. The van der Waals surface area contributed by atoms with E-state index in [-0.39, 0.29) is 18.5 Å². The summed E-state index contributed by atoms with van der Waals surface area (Å²) in [4.78, 5) is 6.05. The van der Waals surface area contributed by atoms with Gasteiger partial charge in [0.2, 0.25) is 0 Å². The number of aromatic nitrogens is 3. The van der Waals surface area contributed by atoms with Gasteiger partial charge < -0.3 is 10.0 Å². The lowest BCUT2D eigenvalue weighted by Crippen LogP contribution is -2.48. The van der Waals surface area contributed by atoms with Crippen LogP contribution in [0, 0.1) is 11.8 Å². The summed E-state index contributed by atoms with van der Waals surface area (Å²) in [6.07, 6.45) is -2.82. The summed E-state index contributed by atoms with van der Waals surface area (Å²) < 4.78 is 53.9. The first-order valence-corrected chi connectivity index (χ1v) is 9.67. The number of halogens is 4. The second-order valence-corrected chi connectivity index (χ2v) is 8.13. The first-order chi connectivity index (χ1) is 14.5. The molecule has 1 aliphatic rings. The summed E-state index contributed by atoms with van der Waals surface area (Å²) in [6, 6.07) is 9.84. The second kappa shape index (κ2) is 7.24. The Bertz CT molecular complexity index is 1190. The fourth-order valence-electron chi connectivity index (χ4n) is 3.60. The van der Waals surface area contributed by atoms with Crippen LogP contribution in [0.4, 0.5) is 23.4 Å². The fraction of sp³-hybridized carbons (Fsp3) is 0.364. The Labute approximate surface area is 176 Å². The number of anilines is 1. The van der Waals surface area contributed by atoms with Crippen LogP contribution in [0.15, 0.2) is 42.6 Å². The fourth-order valence-corrected chi connectivity index (χ4v) is 3.60. The molecule has 162 valence electrons. The molecule has 1 saturated heterocycles. The molecule has 5 nitrogen and oxygen atoms in total. The normalized spacial score (nSPS) is 19.5. The van der Waals surface area contributed by atoms with Crippen molar-refractivity contribution >= 4 is 11.5 Å². The second-order valence-electron chi connectivity index (χ2n) is 8.13. The van der Waals surface area contributed by atoms with Gasteiger partial charge >= 0.3 is 6.18 Å². The van der Waals surface area contributed by atoms with Crippen molar-refractivity contribution in [3.8, 4) is 23.1 Å². The largest absolute Gasteiger partial charge is 0.458 e. The minimum Gasteiger partial charge on any atom is -0.387 e. The third kappa shape index (κ3) is 4.21. The highest BCUT2D eigenvalue weighted by molar-refractivity contribution is 5.65. The Morgan fingerprint density at radius 3 is 2.61 bits per heavy atom. The molecule has 0 aliphatic carbocycles. The Kier molecular flexibility index (Phi) is 4.93. The third-order valence-corrected chi connectivity index (χ3v) is 5.50. The molecule has 2 aromatic heterocycles. The van der Waals surface area contributed by atoms with Gasteiger partial charge in [0.1, 0.15) is 5.82 Å². The quantitative estimate of drug-likeness (QED) is 0.502. The molecule has 0 spiro atoms. The summed E-state index contributed by atoms with van der Waals surface area (Å²) in [5.41, 5.74) is -1.31. The van der Waals surface area contributed by atoms with Gasteiger partial charge in [0.25, 0.3) is 0 Å². The average Bonchev–Trinajstić information content (AvgIpc) is 3.30. The molecule has 0 radical (unpaired) electrons.